The van der Waals surface area contributed by atoms with E-state index >= 15 is 0 Å². The molecule has 0 saturated carbocycles. The summed E-state index contributed by atoms with van der Waals surface area (Å²) < 4.78 is 6.05. The number of carbonyl (C=O) groups is 1. The summed E-state index contributed by atoms with van der Waals surface area (Å²) in [6.07, 6.45) is 1.24. The number of ether oxygens (including phenoxy) is 1. The third-order valence-corrected chi connectivity index (χ3v) is 4.53. The van der Waals surface area contributed by atoms with Crippen LogP contribution in [0.2, 0.25) is 0 Å². The predicted octanol–water partition coefficient (Wildman–Crippen LogP) is 2.20. The molecule has 0 spiro atoms. The Balaban J connectivity index is 1.97. The van der Waals surface area contributed by atoms with Gasteiger partial charge in [0.05, 0.1) is 19.0 Å². The van der Waals surface area contributed by atoms with Gasteiger partial charge in [-0.3, -0.25) is 9.59 Å². The average Bonchev–Trinajstić information content (AvgIpc) is 2.75. The summed E-state index contributed by atoms with van der Waals surface area (Å²) in [4.78, 5) is 25.4. The second kappa shape index (κ2) is 8.92. The van der Waals surface area contributed by atoms with Crippen molar-refractivity contribution < 1.29 is 14.6 Å². The summed E-state index contributed by atoms with van der Waals surface area (Å²) >= 11 is 0. The summed E-state index contributed by atoms with van der Waals surface area (Å²) in [6.45, 7) is 3.32. The van der Waals surface area contributed by atoms with E-state index in [0.29, 0.717) is 11.3 Å². The third kappa shape index (κ3) is 4.28. The van der Waals surface area contributed by atoms with Crippen LogP contribution in [-0.2, 0) is 0 Å². The lowest BCUT2D eigenvalue weighted by Crippen LogP contribution is -2.31. The molecule has 1 amide bonds. The molecule has 0 atom stereocenters. The Labute approximate surface area is 177 Å². The number of nitrogens with one attached hydrogen (secondary N) is 1. The first-order valence-corrected chi connectivity index (χ1v) is 9.17. The quantitative estimate of drug-likeness (QED) is 0.484. The summed E-state index contributed by atoms with van der Waals surface area (Å²) in [5.74, 6) is -0.581. The molecular weight excluding hydrogens is 398 g/mol. The SMILES string of the molecule is COc1cccc(/C=N/NC(=O)c2nn(-c3cccc(C)c3)c(=O)c(C#N)c2C)c1O. The van der Waals surface area contributed by atoms with Gasteiger partial charge in [0.15, 0.2) is 17.2 Å². The van der Waals surface area contributed by atoms with Crippen LogP contribution in [0, 0.1) is 25.2 Å². The predicted molar refractivity (Wildman–Crippen MR) is 114 cm³/mol. The van der Waals surface area contributed by atoms with Crippen molar-refractivity contribution in [2.24, 2.45) is 5.10 Å². The van der Waals surface area contributed by atoms with Crippen LogP contribution in [0.3, 0.4) is 0 Å². The van der Waals surface area contributed by atoms with Crippen LogP contribution in [-0.4, -0.2) is 34.1 Å². The van der Waals surface area contributed by atoms with Gasteiger partial charge in [-0.2, -0.15) is 20.1 Å². The fourth-order valence-electron chi connectivity index (χ4n) is 2.91. The molecule has 31 heavy (non-hydrogen) atoms. The van der Waals surface area contributed by atoms with Crippen molar-refractivity contribution in [3.05, 3.63) is 80.8 Å². The van der Waals surface area contributed by atoms with Gasteiger partial charge in [0.2, 0.25) is 0 Å². The zero-order valence-corrected chi connectivity index (χ0v) is 17.1. The van der Waals surface area contributed by atoms with Gasteiger partial charge in [0.1, 0.15) is 11.6 Å². The first-order valence-electron chi connectivity index (χ1n) is 9.17. The number of para-hydroxylation sites is 1. The number of hydrazone groups is 1. The van der Waals surface area contributed by atoms with Crippen molar-refractivity contribution in [1.82, 2.24) is 15.2 Å². The molecule has 0 saturated heterocycles. The van der Waals surface area contributed by atoms with E-state index in [1.54, 1.807) is 36.4 Å². The normalized spacial score (nSPS) is 10.6. The maximum atomic E-state index is 12.7. The topological polar surface area (TPSA) is 130 Å². The van der Waals surface area contributed by atoms with E-state index in [1.165, 1.54) is 20.2 Å². The number of aromatic nitrogens is 2. The molecule has 9 nitrogen and oxygen atoms in total. The van der Waals surface area contributed by atoms with Crippen LogP contribution in [0.15, 0.2) is 52.4 Å². The molecule has 0 aliphatic carbocycles. The van der Waals surface area contributed by atoms with Gasteiger partial charge in [-0.1, -0.05) is 18.2 Å². The van der Waals surface area contributed by atoms with Gasteiger partial charge >= 0.3 is 0 Å². The molecular formula is C22H19N5O4. The molecule has 0 unspecified atom stereocenters. The molecule has 0 aliphatic rings. The molecule has 3 rings (SSSR count). The van der Waals surface area contributed by atoms with Crippen molar-refractivity contribution in [3.63, 3.8) is 0 Å². The molecule has 3 aromatic rings. The van der Waals surface area contributed by atoms with Gasteiger partial charge in [-0.05, 0) is 43.7 Å². The van der Waals surface area contributed by atoms with Crippen molar-refractivity contribution in [2.45, 2.75) is 13.8 Å². The molecule has 0 aliphatic heterocycles. The largest absolute Gasteiger partial charge is 0.504 e. The summed E-state index contributed by atoms with van der Waals surface area (Å²) in [5, 5.41) is 27.5. The summed E-state index contributed by atoms with van der Waals surface area (Å²) in [7, 11) is 1.42. The van der Waals surface area contributed by atoms with Crippen LogP contribution in [0.1, 0.15) is 32.7 Å². The fourth-order valence-corrected chi connectivity index (χ4v) is 2.91. The lowest BCUT2D eigenvalue weighted by atomic mass is 10.1. The zero-order chi connectivity index (χ0) is 22.5. The fraction of sp³-hybridized carbons (Fsp3) is 0.136. The molecule has 9 heteroatoms. The van der Waals surface area contributed by atoms with E-state index in [4.69, 9.17) is 4.74 Å². The second-order valence-corrected chi connectivity index (χ2v) is 6.61. The number of nitriles is 1. The Hall–Kier alpha value is -4.45. The number of benzene rings is 2. The zero-order valence-electron chi connectivity index (χ0n) is 17.1. The average molecular weight is 417 g/mol. The van der Waals surface area contributed by atoms with Gasteiger partial charge < -0.3 is 9.84 Å². The highest BCUT2D eigenvalue weighted by molar-refractivity contribution is 5.95. The van der Waals surface area contributed by atoms with Crippen LogP contribution in [0.25, 0.3) is 5.69 Å². The standard InChI is InChI=1S/C22H19N5O4/c1-13-6-4-8-16(10-13)27-22(30)17(11-23)14(2)19(26-27)21(29)25-24-12-15-7-5-9-18(31-3)20(15)28/h4-10,12,28H,1-3H3,(H,25,29)/b24-12+. The van der Waals surface area contributed by atoms with E-state index in [2.05, 4.69) is 15.6 Å². The minimum Gasteiger partial charge on any atom is -0.504 e. The summed E-state index contributed by atoms with van der Waals surface area (Å²) in [6, 6.07) is 13.6. The molecule has 0 fully saturated rings. The number of phenolic OH excluding ortho intramolecular Hbond substituents is 1. The van der Waals surface area contributed by atoms with E-state index < -0.39 is 11.5 Å². The van der Waals surface area contributed by atoms with Crippen molar-refractivity contribution in [1.29, 1.82) is 5.26 Å². The number of hydrogen-bond acceptors (Lipinski definition) is 7. The second-order valence-electron chi connectivity index (χ2n) is 6.61. The van der Waals surface area contributed by atoms with Crippen LogP contribution < -0.4 is 15.7 Å². The van der Waals surface area contributed by atoms with E-state index in [-0.39, 0.29) is 28.3 Å². The Morgan fingerprint density at radius 2 is 2.03 bits per heavy atom. The number of phenols is 1. The monoisotopic (exact) mass is 417 g/mol. The molecule has 1 aromatic heterocycles. The molecule has 156 valence electrons. The van der Waals surface area contributed by atoms with Crippen LogP contribution in [0.4, 0.5) is 0 Å². The maximum absolute atomic E-state index is 12.7. The number of carbonyl (C=O) groups excluding carboxylic acids is 1. The number of rotatable bonds is 5. The molecule has 2 N–H and O–H groups in total. The van der Waals surface area contributed by atoms with Gasteiger partial charge in [0, 0.05) is 11.1 Å². The van der Waals surface area contributed by atoms with E-state index in [9.17, 15) is 20.0 Å². The molecule has 0 radical (unpaired) electrons. The highest BCUT2D eigenvalue weighted by Crippen LogP contribution is 2.27. The Morgan fingerprint density at radius 1 is 1.29 bits per heavy atom. The Kier molecular flexibility index (Phi) is 6.12. The lowest BCUT2D eigenvalue weighted by molar-refractivity contribution is 0.0947. The van der Waals surface area contributed by atoms with Crippen LogP contribution in [0.5, 0.6) is 11.5 Å². The summed E-state index contributed by atoms with van der Waals surface area (Å²) in [5.41, 5.74) is 3.17. The number of amides is 1. The highest BCUT2D eigenvalue weighted by Gasteiger charge is 2.20. The van der Waals surface area contributed by atoms with Crippen molar-refractivity contribution in [3.8, 4) is 23.3 Å². The van der Waals surface area contributed by atoms with E-state index in [0.717, 1.165) is 10.2 Å². The minimum absolute atomic E-state index is 0.121. The molecule has 1 heterocycles. The van der Waals surface area contributed by atoms with E-state index in [1.807, 2.05) is 19.1 Å². The van der Waals surface area contributed by atoms with Gasteiger partial charge in [-0.15, -0.1) is 0 Å². The minimum atomic E-state index is -0.714. The first kappa shape index (κ1) is 21.3. The number of methoxy groups -OCH3 is 1. The third-order valence-electron chi connectivity index (χ3n) is 4.53. The molecule has 2 aromatic carbocycles. The Morgan fingerprint density at radius 3 is 2.71 bits per heavy atom. The number of aromatic hydroxyl groups is 1. The number of hydrogen-bond donors (Lipinski definition) is 2. The maximum Gasteiger partial charge on any atom is 0.292 e. The van der Waals surface area contributed by atoms with Gasteiger partial charge in [-0.25, -0.2) is 5.43 Å². The van der Waals surface area contributed by atoms with Gasteiger partial charge in [0.25, 0.3) is 11.5 Å². The number of aryl methyl sites for hydroxylation is 1. The number of nitrogens with zero attached hydrogens (tertiary/aromatic N) is 4. The van der Waals surface area contributed by atoms with Crippen LogP contribution >= 0.6 is 0 Å². The Bertz CT molecular complexity index is 1290. The molecule has 0 bridgehead atoms. The smallest absolute Gasteiger partial charge is 0.292 e. The lowest BCUT2D eigenvalue weighted by Gasteiger charge is -2.11. The first-order chi connectivity index (χ1) is 14.9. The highest BCUT2D eigenvalue weighted by atomic mass is 16.5. The van der Waals surface area contributed by atoms with Crippen molar-refractivity contribution in [2.75, 3.05) is 7.11 Å². The van der Waals surface area contributed by atoms with Crippen molar-refractivity contribution >= 4 is 12.1 Å².